The third kappa shape index (κ3) is 3.00. The van der Waals surface area contributed by atoms with E-state index in [1.54, 1.807) is 0 Å². The van der Waals surface area contributed by atoms with E-state index in [1.807, 2.05) is 0 Å². The van der Waals surface area contributed by atoms with Crippen LogP contribution in [0.4, 0.5) is 0 Å². The van der Waals surface area contributed by atoms with Gasteiger partial charge in [0, 0.05) is 18.6 Å². The molecule has 1 atom stereocenters. The fraction of sp³-hybridized carbons (Fsp3) is 0.529. The van der Waals surface area contributed by atoms with Crippen molar-refractivity contribution < 1.29 is 4.74 Å². The molecule has 0 bridgehead atoms. The summed E-state index contributed by atoms with van der Waals surface area (Å²) in [7, 11) is 0. The van der Waals surface area contributed by atoms with Crippen molar-refractivity contribution in [3.8, 4) is 12.3 Å². The average molecular weight is 257 g/mol. The largest absolute Gasteiger partial charge is 0.381 e. The van der Waals surface area contributed by atoms with Gasteiger partial charge in [-0.15, -0.1) is 6.42 Å². The van der Waals surface area contributed by atoms with E-state index in [9.17, 15) is 0 Å². The molecule has 1 aliphatic rings. The zero-order chi connectivity index (χ0) is 13.6. The lowest BCUT2D eigenvalue weighted by Gasteiger charge is -2.42. The van der Waals surface area contributed by atoms with Crippen LogP contribution in [-0.2, 0) is 10.2 Å². The Morgan fingerprint density at radius 2 is 2.00 bits per heavy atom. The highest BCUT2D eigenvalue weighted by molar-refractivity contribution is 5.32. The lowest BCUT2D eigenvalue weighted by atomic mass is 9.69. The molecule has 1 saturated heterocycles. The SMILES string of the molecule is C#CC(NCCC)C1(c2ccccc2)CCOCC1. The molecule has 0 aliphatic carbocycles. The predicted molar refractivity (Wildman–Crippen MR) is 79.1 cm³/mol. The van der Waals surface area contributed by atoms with Crippen LogP contribution in [0.3, 0.4) is 0 Å². The molecule has 2 heteroatoms. The summed E-state index contributed by atoms with van der Waals surface area (Å²) in [5, 5.41) is 3.54. The number of ether oxygens (including phenoxy) is 1. The van der Waals surface area contributed by atoms with Gasteiger partial charge in [0.25, 0.3) is 0 Å². The summed E-state index contributed by atoms with van der Waals surface area (Å²) in [4.78, 5) is 0. The molecule has 1 heterocycles. The molecule has 0 saturated carbocycles. The molecule has 0 spiro atoms. The average Bonchev–Trinajstić information content (AvgIpc) is 2.50. The van der Waals surface area contributed by atoms with Crippen molar-refractivity contribution in [3.05, 3.63) is 35.9 Å². The Kier molecular flexibility index (Phi) is 5.01. The third-order valence-electron chi connectivity index (χ3n) is 4.05. The first-order valence-electron chi connectivity index (χ1n) is 7.16. The van der Waals surface area contributed by atoms with Gasteiger partial charge in [-0.25, -0.2) is 0 Å². The van der Waals surface area contributed by atoms with Gasteiger partial charge in [-0.2, -0.15) is 0 Å². The van der Waals surface area contributed by atoms with Crippen molar-refractivity contribution in [1.82, 2.24) is 5.32 Å². The maximum Gasteiger partial charge on any atom is 0.0786 e. The summed E-state index contributed by atoms with van der Waals surface area (Å²) in [6.45, 7) is 4.71. The third-order valence-corrected chi connectivity index (χ3v) is 4.05. The van der Waals surface area contributed by atoms with Crippen LogP contribution >= 0.6 is 0 Å². The summed E-state index contributed by atoms with van der Waals surface area (Å²) in [5.41, 5.74) is 1.36. The van der Waals surface area contributed by atoms with Crippen LogP contribution < -0.4 is 5.32 Å². The zero-order valence-electron chi connectivity index (χ0n) is 11.7. The molecule has 2 rings (SSSR count). The molecule has 0 amide bonds. The number of nitrogens with one attached hydrogen (secondary N) is 1. The van der Waals surface area contributed by atoms with Gasteiger partial charge in [-0.3, -0.25) is 0 Å². The van der Waals surface area contributed by atoms with Crippen LogP contribution in [0.1, 0.15) is 31.7 Å². The molecule has 19 heavy (non-hydrogen) atoms. The molecule has 1 aromatic rings. The summed E-state index contributed by atoms with van der Waals surface area (Å²) in [6.07, 6.45) is 8.89. The van der Waals surface area contributed by atoms with E-state index in [-0.39, 0.29) is 11.5 Å². The van der Waals surface area contributed by atoms with Gasteiger partial charge < -0.3 is 10.1 Å². The normalized spacial score (nSPS) is 19.6. The van der Waals surface area contributed by atoms with Gasteiger partial charge in [0.15, 0.2) is 0 Å². The quantitative estimate of drug-likeness (QED) is 0.819. The zero-order valence-corrected chi connectivity index (χ0v) is 11.7. The minimum absolute atomic E-state index is 0.0173. The second kappa shape index (κ2) is 6.75. The maximum absolute atomic E-state index is 5.81. The van der Waals surface area contributed by atoms with Crippen LogP contribution in [-0.4, -0.2) is 25.8 Å². The Balaban J connectivity index is 2.31. The molecule has 1 unspecified atom stereocenters. The first kappa shape index (κ1) is 14.1. The summed E-state index contributed by atoms with van der Waals surface area (Å²) >= 11 is 0. The van der Waals surface area contributed by atoms with Crippen molar-refractivity contribution in [1.29, 1.82) is 0 Å². The fourth-order valence-electron chi connectivity index (χ4n) is 2.95. The number of hydrogen-bond acceptors (Lipinski definition) is 2. The lowest BCUT2D eigenvalue weighted by molar-refractivity contribution is 0.0421. The Hall–Kier alpha value is -1.30. The van der Waals surface area contributed by atoms with Gasteiger partial charge in [0.1, 0.15) is 0 Å². The molecule has 102 valence electrons. The molecule has 0 radical (unpaired) electrons. The van der Waals surface area contributed by atoms with E-state index in [4.69, 9.17) is 11.2 Å². The molecule has 2 nitrogen and oxygen atoms in total. The van der Waals surface area contributed by atoms with E-state index in [2.05, 4.69) is 48.5 Å². The molecular weight excluding hydrogens is 234 g/mol. The standard InChI is InChI=1S/C17H23NO/c1-3-12-18-16(4-2)17(10-13-19-14-11-17)15-8-6-5-7-9-15/h2,5-9,16,18H,3,10-14H2,1H3. The minimum atomic E-state index is 0.0173. The van der Waals surface area contributed by atoms with Gasteiger partial charge in [0.05, 0.1) is 6.04 Å². The Morgan fingerprint density at radius 3 is 2.58 bits per heavy atom. The number of benzene rings is 1. The van der Waals surface area contributed by atoms with E-state index >= 15 is 0 Å². The van der Waals surface area contributed by atoms with E-state index < -0.39 is 0 Å². The topological polar surface area (TPSA) is 21.3 Å². The number of rotatable bonds is 5. The maximum atomic E-state index is 5.81. The molecule has 1 N–H and O–H groups in total. The first-order valence-corrected chi connectivity index (χ1v) is 7.16. The van der Waals surface area contributed by atoms with Crippen LogP contribution in [0.5, 0.6) is 0 Å². The predicted octanol–water partition coefficient (Wildman–Crippen LogP) is 2.74. The molecule has 1 aromatic carbocycles. The first-order chi connectivity index (χ1) is 9.33. The summed E-state index contributed by atoms with van der Waals surface area (Å²) in [5.74, 6) is 2.98. The summed E-state index contributed by atoms with van der Waals surface area (Å²) in [6, 6.07) is 10.7. The van der Waals surface area contributed by atoms with Crippen LogP contribution in [0.25, 0.3) is 0 Å². The van der Waals surface area contributed by atoms with Gasteiger partial charge in [0.2, 0.25) is 0 Å². The minimum Gasteiger partial charge on any atom is -0.381 e. The lowest BCUT2D eigenvalue weighted by Crippen LogP contribution is -2.51. The second-order valence-corrected chi connectivity index (χ2v) is 5.19. The van der Waals surface area contributed by atoms with Crippen molar-refractivity contribution >= 4 is 0 Å². The smallest absolute Gasteiger partial charge is 0.0786 e. The number of terminal acetylenes is 1. The van der Waals surface area contributed by atoms with Crippen LogP contribution in [0, 0.1) is 12.3 Å². The van der Waals surface area contributed by atoms with Crippen LogP contribution in [0.15, 0.2) is 30.3 Å². The van der Waals surface area contributed by atoms with Crippen molar-refractivity contribution in [2.45, 2.75) is 37.6 Å². The highest BCUT2D eigenvalue weighted by Gasteiger charge is 2.40. The Morgan fingerprint density at radius 1 is 1.32 bits per heavy atom. The van der Waals surface area contributed by atoms with Crippen molar-refractivity contribution in [3.63, 3.8) is 0 Å². The fourth-order valence-corrected chi connectivity index (χ4v) is 2.95. The monoisotopic (exact) mass is 257 g/mol. The molecule has 1 aliphatic heterocycles. The van der Waals surface area contributed by atoms with Gasteiger partial charge in [-0.1, -0.05) is 43.2 Å². The van der Waals surface area contributed by atoms with Gasteiger partial charge >= 0.3 is 0 Å². The van der Waals surface area contributed by atoms with Gasteiger partial charge in [-0.05, 0) is 31.4 Å². The highest BCUT2D eigenvalue weighted by Crippen LogP contribution is 2.37. The van der Waals surface area contributed by atoms with E-state index in [1.165, 1.54) is 5.56 Å². The Bertz CT molecular complexity index is 415. The van der Waals surface area contributed by atoms with Crippen molar-refractivity contribution in [2.75, 3.05) is 19.8 Å². The molecule has 1 fully saturated rings. The number of hydrogen-bond donors (Lipinski definition) is 1. The van der Waals surface area contributed by atoms with E-state index in [0.717, 1.165) is 39.0 Å². The van der Waals surface area contributed by atoms with E-state index in [0.29, 0.717) is 0 Å². The highest BCUT2D eigenvalue weighted by atomic mass is 16.5. The van der Waals surface area contributed by atoms with Crippen LogP contribution in [0.2, 0.25) is 0 Å². The molecule has 0 aromatic heterocycles. The Labute approximate surface area is 116 Å². The summed E-state index contributed by atoms with van der Waals surface area (Å²) < 4.78 is 5.55. The molecular formula is C17H23NO. The van der Waals surface area contributed by atoms with Crippen molar-refractivity contribution in [2.24, 2.45) is 0 Å². The second-order valence-electron chi connectivity index (χ2n) is 5.19.